The van der Waals surface area contributed by atoms with Gasteiger partial charge in [0.1, 0.15) is 11.6 Å². The zero-order chi connectivity index (χ0) is 15.0. The highest BCUT2D eigenvalue weighted by Crippen LogP contribution is 2.32. The van der Waals surface area contributed by atoms with Crippen molar-refractivity contribution in [2.75, 3.05) is 13.4 Å². The van der Waals surface area contributed by atoms with E-state index in [1.54, 1.807) is 25.3 Å². The Balaban J connectivity index is 2.08. The Morgan fingerprint density at radius 3 is 2.76 bits per heavy atom. The first-order valence-corrected chi connectivity index (χ1v) is 8.82. The number of ether oxygens (including phenoxy) is 1. The monoisotopic (exact) mass is 306 g/mol. The molecule has 0 saturated heterocycles. The maximum Gasteiger partial charge on any atom is 0.175 e. The van der Waals surface area contributed by atoms with E-state index >= 15 is 0 Å². The maximum atomic E-state index is 11.6. The van der Waals surface area contributed by atoms with Gasteiger partial charge in [-0.1, -0.05) is 0 Å². The van der Waals surface area contributed by atoms with E-state index in [1.807, 2.05) is 6.20 Å². The van der Waals surface area contributed by atoms with Gasteiger partial charge in [-0.3, -0.25) is 0 Å². The Kier molecular flexibility index (Phi) is 3.49. The molecule has 0 bridgehead atoms. The first kappa shape index (κ1) is 14.1. The van der Waals surface area contributed by atoms with Gasteiger partial charge in [-0.05, 0) is 31.0 Å². The number of nitrogens with zero attached hydrogens (tertiary/aromatic N) is 2. The SMILES string of the molecule is COc1cc(S(C)(=O)=O)ccc1-c1cn2c(n1)CCCC2. The van der Waals surface area contributed by atoms with Gasteiger partial charge in [0.25, 0.3) is 0 Å². The van der Waals surface area contributed by atoms with E-state index in [0.29, 0.717) is 5.75 Å². The zero-order valence-electron chi connectivity index (χ0n) is 12.2. The van der Waals surface area contributed by atoms with E-state index in [-0.39, 0.29) is 4.90 Å². The third kappa shape index (κ3) is 2.68. The number of sulfone groups is 1. The van der Waals surface area contributed by atoms with Crippen LogP contribution in [0.15, 0.2) is 29.3 Å². The van der Waals surface area contributed by atoms with Crippen molar-refractivity contribution in [2.24, 2.45) is 0 Å². The van der Waals surface area contributed by atoms with E-state index in [9.17, 15) is 8.42 Å². The third-order valence-electron chi connectivity index (χ3n) is 3.79. The van der Waals surface area contributed by atoms with Crippen LogP contribution in [0.3, 0.4) is 0 Å². The molecule has 21 heavy (non-hydrogen) atoms. The molecule has 0 atom stereocenters. The Labute approximate surface area is 124 Å². The summed E-state index contributed by atoms with van der Waals surface area (Å²) in [5.74, 6) is 1.62. The summed E-state index contributed by atoms with van der Waals surface area (Å²) < 4.78 is 30.8. The van der Waals surface area contributed by atoms with Gasteiger partial charge in [-0.2, -0.15) is 0 Å². The van der Waals surface area contributed by atoms with Gasteiger partial charge in [-0.25, -0.2) is 13.4 Å². The molecule has 0 radical (unpaired) electrons. The normalized spacial score (nSPS) is 14.8. The summed E-state index contributed by atoms with van der Waals surface area (Å²) in [6.45, 7) is 0.992. The van der Waals surface area contributed by atoms with E-state index in [4.69, 9.17) is 4.74 Å². The molecule has 0 unspecified atom stereocenters. The van der Waals surface area contributed by atoms with Gasteiger partial charge in [0, 0.05) is 31.0 Å². The number of imidazole rings is 1. The van der Waals surface area contributed by atoms with Gasteiger partial charge in [0.15, 0.2) is 9.84 Å². The van der Waals surface area contributed by atoms with Crippen LogP contribution in [-0.4, -0.2) is 31.3 Å². The topological polar surface area (TPSA) is 61.2 Å². The molecule has 1 aliphatic heterocycles. The Morgan fingerprint density at radius 1 is 1.29 bits per heavy atom. The summed E-state index contributed by atoms with van der Waals surface area (Å²) >= 11 is 0. The van der Waals surface area contributed by atoms with Gasteiger partial charge >= 0.3 is 0 Å². The number of methoxy groups -OCH3 is 1. The molecular formula is C15H18N2O3S. The Hall–Kier alpha value is -1.82. The number of aromatic nitrogens is 2. The van der Waals surface area contributed by atoms with E-state index in [2.05, 4.69) is 9.55 Å². The summed E-state index contributed by atoms with van der Waals surface area (Å²) in [6.07, 6.45) is 6.54. The molecule has 0 saturated carbocycles. The molecule has 0 aliphatic carbocycles. The van der Waals surface area contributed by atoms with Gasteiger partial charge in [0.05, 0.1) is 17.7 Å². The third-order valence-corrected chi connectivity index (χ3v) is 4.90. The fourth-order valence-corrected chi connectivity index (χ4v) is 3.29. The first-order chi connectivity index (χ1) is 9.99. The average Bonchev–Trinajstić information content (AvgIpc) is 2.89. The average molecular weight is 306 g/mol. The van der Waals surface area contributed by atoms with Crippen LogP contribution in [0.1, 0.15) is 18.7 Å². The van der Waals surface area contributed by atoms with Crippen LogP contribution in [0.5, 0.6) is 5.75 Å². The molecule has 0 amide bonds. The highest BCUT2D eigenvalue weighted by molar-refractivity contribution is 7.90. The molecule has 5 nitrogen and oxygen atoms in total. The minimum atomic E-state index is -3.24. The van der Waals surface area contributed by atoms with Crippen molar-refractivity contribution < 1.29 is 13.2 Å². The molecule has 3 rings (SSSR count). The second kappa shape index (κ2) is 5.18. The largest absolute Gasteiger partial charge is 0.496 e. The second-order valence-corrected chi connectivity index (χ2v) is 7.34. The Morgan fingerprint density at radius 2 is 2.10 bits per heavy atom. The number of hydrogen-bond donors (Lipinski definition) is 0. The first-order valence-electron chi connectivity index (χ1n) is 6.93. The fourth-order valence-electron chi connectivity index (χ4n) is 2.66. The predicted molar refractivity (Wildman–Crippen MR) is 80.3 cm³/mol. The van der Waals surface area contributed by atoms with Crippen LogP contribution >= 0.6 is 0 Å². The van der Waals surface area contributed by atoms with E-state index in [1.165, 1.54) is 19.1 Å². The lowest BCUT2D eigenvalue weighted by Gasteiger charge is -2.11. The minimum absolute atomic E-state index is 0.257. The van der Waals surface area contributed by atoms with Crippen LogP contribution < -0.4 is 4.74 Å². The molecule has 0 fully saturated rings. The summed E-state index contributed by atoms with van der Waals surface area (Å²) in [5.41, 5.74) is 1.66. The van der Waals surface area contributed by atoms with Gasteiger partial charge in [0.2, 0.25) is 0 Å². The van der Waals surface area contributed by atoms with E-state index < -0.39 is 9.84 Å². The molecule has 1 aromatic heterocycles. The van der Waals surface area contributed by atoms with Crippen LogP contribution in [-0.2, 0) is 22.8 Å². The van der Waals surface area contributed by atoms with Crippen molar-refractivity contribution in [1.82, 2.24) is 9.55 Å². The van der Waals surface area contributed by atoms with Crippen molar-refractivity contribution in [3.63, 3.8) is 0 Å². The molecule has 2 heterocycles. The summed E-state index contributed by atoms with van der Waals surface area (Å²) in [4.78, 5) is 4.91. The number of hydrogen-bond acceptors (Lipinski definition) is 4. The second-order valence-electron chi connectivity index (χ2n) is 5.33. The number of fused-ring (bicyclic) bond motifs is 1. The summed E-state index contributed by atoms with van der Waals surface area (Å²) in [6, 6.07) is 4.93. The van der Waals surface area contributed by atoms with Gasteiger partial charge < -0.3 is 9.30 Å². The molecule has 2 aromatic rings. The minimum Gasteiger partial charge on any atom is -0.496 e. The van der Waals surface area contributed by atoms with Crippen LogP contribution in [0, 0.1) is 0 Å². The van der Waals surface area contributed by atoms with Crippen molar-refractivity contribution in [2.45, 2.75) is 30.7 Å². The van der Waals surface area contributed by atoms with Crippen molar-refractivity contribution in [3.8, 4) is 17.0 Å². The smallest absolute Gasteiger partial charge is 0.175 e. The highest BCUT2D eigenvalue weighted by Gasteiger charge is 2.17. The number of rotatable bonds is 3. The molecule has 6 heteroatoms. The highest BCUT2D eigenvalue weighted by atomic mass is 32.2. The van der Waals surface area contributed by atoms with Crippen molar-refractivity contribution in [1.29, 1.82) is 0 Å². The van der Waals surface area contributed by atoms with E-state index in [0.717, 1.165) is 30.0 Å². The maximum absolute atomic E-state index is 11.6. The van der Waals surface area contributed by atoms with Crippen LogP contribution in [0.4, 0.5) is 0 Å². The molecule has 0 spiro atoms. The molecule has 1 aliphatic rings. The zero-order valence-corrected chi connectivity index (χ0v) is 13.0. The molecule has 0 N–H and O–H groups in total. The van der Waals surface area contributed by atoms with Crippen LogP contribution in [0.25, 0.3) is 11.3 Å². The van der Waals surface area contributed by atoms with Crippen LogP contribution in [0.2, 0.25) is 0 Å². The standard InChI is InChI=1S/C15H18N2O3S/c1-20-14-9-11(21(2,18)19)6-7-12(14)13-10-17-8-4-3-5-15(17)16-13/h6-7,9-10H,3-5,8H2,1-2H3. The van der Waals surface area contributed by atoms with Crippen molar-refractivity contribution in [3.05, 3.63) is 30.2 Å². The molecular weight excluding hydrogens is 288 g/mol. The van der Waals surface area contributed by atoms with Gasteiger partial charge in [-0.15, -0.1) is 0 Å². The molecule has 112 valence electrons. The lowest BCUT2D eigenvalue weighted by Crippen LogP contribution is -2.08. The number of benzene rings is 1. The summed E-state index contributed by atoms with van der Waals surface area (Å²) in [5, 5.41) is 0. The fraction of sp³-hybridized carbons (Fsp3) is 0.400. The number of aryl methyl sites for hydroxylation is 2. The molecule has 1 aromatic carbocycles. The Bertz CT molecular complexity index is 755. The quantitative estimate of drug-likeness (QED) is 0.873. The lowest BCUT2D eigenvalue weighted by molar-refractivity contribution is 0.415. The summed E-state index contributed by atoms with van der Waals surface area (Å²) in [7, 11) is -1.70. The predicted octanol–water partition coefficient (Wildman–Crippen LogP) is 2.30. The van der Waals surface area contributed by atoms with Crippen molar-refractivity contribution >= 4 is 9.84 Å². The lowest BCUT2D eigenvalue weighted by atomic mass is 10.1.